The zero-order valence-electron chi connectivity index (χ0n) is 7.15. The Bertz CT molecular complexity index is 256. The molecule has 9 nitrogen and oxygen atoms in total. The number of rotatable bonds is 3. The lowest BCUT2D eigenvalue weighted by molar-refractivity contribution is -0.159. The lowest BCUT2D eigenvalue weighted by atomic mass is 10.3. The average Bonchev–Trinajstić information content (AvgIpc) is 2.03. The van der Waals surface area contributed by atoms with Crippen LogP contribution < -0.4 is 0 Å². The highest BCUT2D eigenvalue weighted by Crippen LogP contribution is 1.89. The van der Waals surface area contributed by atoms with Crippen LogP contribution in [-0.4, -0.2) is 55.5 Å². The second-order valence-electron chi connectivity index (χ2n) is 2.06. The summed E-state index contributed by atoms with van der Waals surface area (Å²) in [4.78, 5) is 37.6. The fourth-order valence-corrected chi connectivity index (χ4v) is 0.253. The first-order chi connectivity index (χ1) is 6.68. The number of carboxylic acid groups (broad SMARTS) is 4. The summed E-state index contributed by atoms with van der Waals surface area (Å²) in [5.41, 5.74) is 0. The van der Waals surface area contributed by atoms with Crippen molar-refractivity contribution in [2.24, 2.45) is 0 Å². The van der Waals surface area contributed by atoms with Gasteiger partial charge in [-0.05, 0) is 0 Å². The van der Waals surface area contributed by atoms with Gasteiger partial charge in [0, 0.05) is 0 Å². The van der Waals surface area contributed by atoms with Crippen LogP contribution in [0.1, 0.15) is 6.42 Å². The number of aliphatic hydroxyl groups is 1. The van der Waals surface area contributed by atoms with Crippen molar-refractivity contribution in [2.75, 3.05) is 0 Å². The van der Waals surface area contributed by atoms with Crippen LogP contribution in [0, 0.1) is 0 Å². The molecule has 15 heavy (non-hydrogen) atoms. The second-order valence-corrected chi connectivity index (χ2v) is 2.06. The molecule has 0 saturated heterocycles. The summed E-state index contributed by atoms with van der Waals surface area (Å²) in [6.07, 6.45) is -2.54. The zero-order valence-corrected chi connectivity index (χ0v) is 7.15. The van der Waals surface area contributed by atoms with E-state index in [1.165, 1.54) is 0 Å². The van der Waals surface area contributed by atoms with Gasteiger partial charge in [-0.15, -0.1) is 0 Å². The van der Waals surface area contributed by atoms with Gasteiger partial charge in [0.1, 0.15) is 0 Å². The van der Waals surface area contributed by atoms with Gasteiger partial charge in [0.15, 0.2) is 6.10 Å². The second kappa shape index (κ2) is 7.26. The van der Waals surface area contributed by atoms with Gasteiger partial charge in [-0.1, -0.05) is 0 Å². The van der Waals surface area contributed by atoms with Crippen molar-refractivity contribution in [1.29, 1.82) is 0 Å². The quantitative estimate of drug-likeness (QED) is 0.342. The summed E-state index contributed by atoms with van der Waals surface area (Å²) in [5.74, 6) is -6.49. The largest absolute Gasteiger partial charge is 0.481 e. The Morgan fingerprint density at radius 1 is 0.867 bits per heavy atom. The molecule has 0 radical (unpaired) electrons. The molecule has 1 atom stereocenters. The Kier molecular flexibility index (Phi) is 7.42. The molecule has 0 aliphatic carbocycles. The Balaban J connectivity index is 0. The zero-order chi connectivity index (χ0) is 12.6. The van der Waals surface area contributed by atoms with Gasteiger partial charge in [-0.3, -0.25) is 4.79 Å². The molecule has 9 heteroatoms. The maximum absolute atomic E-state index is 9.72. The van der Waals surface area contributed by atoms with Crippen LogP contribution in [-0.2, 0) is 19.2 Å². The van der Waals surface area contributed by atoms with Crippen molar-refractivity contribution in [3.8, 4) is 0 Å². The first kappa shape index (κ1) is 15.3. The van der Waals surface area contributed by atoms with Gasteiger partial charge >= 0.3 is 23.9 Å². The fraction of sp³-hybridized carbons (Fsp3) is 0.333. The Hall–Kier alpha value is -2.16. The third-order valence-electron chi connectivity index (χ3n) is 0.836. The van der Waals surface area contributed by atoms with Crippen molar-refractivity contribution < 1.29 is 44.7 Å². The third kappa shape index (κ3) is 11.8. The van der Waals surface area contributed by atoms with E-state index in [-0.39, 0.29) is 0 Å². The third-order valence-corrected chi connectivity index (χ3v) is 0.836. The molecule has 0 rings (SSSR count). The molecule has 0 aromatic heterocycles. The van der Waals surface area contributed by atoms with E-state index in [0.29, 0.717) is 0 Å². The van der Waals surface area contributed by atoms with Gasteiger partial charge in [0.25, 0.3) is 0 Å². The van der Waals surface area contributed by atoms with Gasteiger partial charge in [0.05, 0.1) is 6.42 Å². The lowest BCUT2D eigenvalue weighted by Gasteiger charge is -1.97. The van der Waals surface area contributed by atoms with Gasteiger partial charge in [-0.25, -0.2) is 14.4 Å². The Morgan fingerprint density at radius 3 is 1.27 bits per heavy atom. The summed E-state index contributed by atoms with van der Waals surface area (Å²) in [5, 5.41) is 38.9. The van der Waals surface area contributed by atoms with Crippen LogP contribution in [0.4, 0.5) is 0 Å². The van der Waals surface area contributed by atoms with Crippen LogP contribution in [0.5, 0.6) is 0 Å². The summed E-state index contributed by atoms with van der Waals surface area (Å²) < 4.78 is 0. The van der Waals surface area contributed by atoms with E-state index >= 15 is 0 Å². The van der Waals surface area contributed by atoms with Gasteiger partial charge in [0.2, 0.25) is 0 Å². The first-order valence-electron chi connectivity index (χ1n) is 3.27. The van der Waals surface area contributed by atoms with Crippen molar-refractivity contribution >= 4 is 23.9 Å². The van der Waals surface area contributed by atoms with Gasteiger partial charge < -0.3 is 25.5 Å². The molecule has 0 heterocycles. The molecule has 1 unspecified atom stereocenters. The summed E-state index contributed by atoms with van der Waals surface area (Å²) in [6, 6.07) is 0. The minimum atomic E-state index is -1.82. The number of aliphatic hydroxyl groups excluding tert-OH is 1. The van der Waals surface area contributed by atoms with E-state index in [2.05, 4.69) is 0 Å². The van der Waals surface area contributed by atoms with E-state index in [4.69, 9.17) is 35.1 Å². The normalized spacial score (nSPS) is 10.5. The smallest absolute Gasteiger partial charge is 0.414 e. The van der Waals surface area contributed by atoms with Crippen LogP contribution in [0.2, 0.25) is 0 Å². The van der Waals surface area contributed by atoms with Crippen molar-refractivity contribution in [3.63, 3.8) is 0 Å². The number of hydrogen-bond donors (Lipinski definition) is 5. The molecule has 0 aromatic rings. The van der Waals surface area contributed by atoms with Crippen LogP contribution in [0.25, 0.3) is 0 Å². The maximum Gasteiger partial charge on any atom is 0.414 e. The van der Waals surface area contributed by atoms with Crippen molar-refractivity contribution in [2.45, 2.75) is 12.5 Å². The highest BCUT2D eigenvalue weighted by Gasteiger charge is 2.16. The molecule has 5 N–H and O–H groups in total. The summed E-state index contributed by atoms with van der Waals surface area (Å²) in [6.45, 7) is 0. The molecule has 0 aliphatic heterocycles. The number of aliphatic carboxylic acids is 4. The van der Waals surface area contributed by atoms with Crippen LogP contribution in [0.15, 0.2) is 0 Å². The molecule has 86 valence electrons. The Labute approximate surface area is 82.2 Å². The van der Waals surface area contributed by atoms with Crippen molar-refractivity contribution in [1.82, 2.24) is 0 Å². The van der Waals surface area contributed by atoms with E-state index in [1.54, 1.807) is 0 Å². The maximum atomic E-state index is 9.72. The summed E-state index contributed by atoms with van der Waals surface area (Å²) >= 11 is 0. The highest BCUT2D eigenvalue weighted by molar-refractivity contribution is 6.27. The van der Waals surface area contributed by atoms with E-state index < -0.39 is 36.4 Å². The topological polar surface area (TPSA) is 169 Å². The van der Waals surface area contributed by atoms with Crippen LogP contribution >= 0.6 is 0 Å². The fourth-order valence-electron chi connectivity index (χ4n) is 0.253. The van der Waals surface area contributed by atoms with Crippen LogP contribution in [0.3, 0.4) is 0 Å². The molecule has 0 spiro atoms. The summed E-state index contributed by atoms with van der Waals surface area (Å²) in [7, 11) is 0. The Morgan fingerprint density at radius 2 is 1.20 bits per heavy atom. The van der Waals surface area contributed by atoms with E-state index in [0.717, 1.165) is 0 Å². The molecule has 0 bridgehead atoms. The average molecular weight is 224 g/mol. The van der Waals surface area contributed by atoms with E-state index in [9.17, 15) is 9.59 Å². The van der Waals surface area contributed by atoms with E-state index in [1.807, 2.05) is 0 Å². The van der Waals surface area contributed by atoms with Crippen molar-refractivity contribution in [3.05, 3.63) is 0 Å². The lowest BCUT2D eigenvalue weighted by Crippen LogP contribution is -2.22. The predicted molar refractivity (Wildman–Crippen MR) is 41.2 cm³/mol. The molecule has 0 saturated carbocycles. The monoisotopic (exact) mass is 224 g/mol. The number of carbonyl (C=O) groups is 4. The first-order valence-corrected chi connectivity index (χ1v) is 3.27. The minimum absolute atomic E-state index is 0.755. The standard InChI is InChI=1S/C4H6O5.C2H2O4/c5-2(4(8)9)1-3(6)7;3-1(4)2(5)6/h2,5H,1H2,(H,6,7)(H,8,9);(H,3,4)(H,5,6). The molecular formula is C6H8O9. The highest BCUT2D eigenvalue weighted by atomic mass is 16.4. The molecule has 0 amide bonds. The molecular weight excluding hydrogens is 216 g/mol. The SMILES string of the molecule is O=C(O)C(=O)O.O=C(O)CC(O)C(=O)O. The predicted octanol–water partition coefficient (Wildman–Crippen LogP) is -1.94. The minimum Gasteiger partial charge on any atom is -0.481 e. The molecule has 0 fully saturated rings. The van der Waals surface area contributed by atoms with Gasteiger partial charge in [-0.2, -0.15) is 0 Å². The molecule has 0 aliphatic rings. The number of hydrogen-bond acceptors (Lipinski definition) is 5. The number of carboxylic acids is 4. The molecule has 0 aromatic carbocycles.